The lowest BCUT2D eigenvalue weighted by Gasteiger charge is -2.16. The number of fused-ring (bicyclic) bond motifs is 1. The molecule has 0 aliphatic carbocycles. The fourth-order valence-electron chi connectivity index (χ4n) is 3.11. The second-order valence-corrected chi connectivity index (χ2v) is 6.29. The molecule has 1 N–H and O–H groups in total. The van der Waals surface area contributed by atoms with E-state index in [1.807, 2.05) is 19.9 Å². The van der Waals surface area contributed by atoms with Crippen LogP contribution >= 0.6 is 0 Å². The number of imide groups is 2. The number of anilines is 1. The molecule has 1 aromatic carbocycles. The third-order valence-corrected chi connectivity index (χ3v) is 4.33. The summed E-state index contributed by atoms with van der Waals surface area (Å²) in [4.78, 5) is 49.6. The zero-order chi connectivity index (χ0) is 19.7. The molecule has 3 rings (SSSR count). The predicted octanol–water partition coefficient (Wildman–Crippen LogP) is 1.16. The lowest BCUT2D eigenvalue weighted by molar-refractivity contribution is -0.143. The van der Waals surface area contributed by atoms with Crippen molar-refractivity contribution in [1.29, 1.82) is 0 Å². The molecule has 1 fully saturated rings. The van der Waals surface area contributed by atoms with Gasteiger partial charge >= 0.3 is 17.8 Å². The maximum absolute atomic E-state index is 12.4. The van der Waals surface area contributed by atoms with Crippen molar-refractivity contribution in [1.82, 2.24) is 9.80 Å². The quantitative estimate of drug-likeness (QED) is 0.591. The molecular formula is C18H21N3O6. The number of carbonyl (C=O) groups is 4. The molecule has 0 aromatic heterocycles. The van der Waals surface area contributed by atoms with Crippen molar-refractivity contribution in [3.63, 3.8) is 0 Å². The number of hydrogen-bond acceptors (Lipinski definition) is 6. The van der Waals surface area contributed by atoms with Gasteiger partial charge in [-0.05, 0) is 26.8 Å². The Hall–Kier alpha value is -3.10. The van der Waals surface area contributed by atoms with E-state index < -0.39 is 30.3 Å². The first-order chi connectivity index (χ1) is 12.8. The van der Waals surface area contributed by atoms with Gasteiger partial charge < -0.3 is 14.8 Å². The summed E-state index contributed by atoms with van der Waals surface area (Å²) < 4.78 is 11.3. The van der Waals surface area contributed by atoms with E-state index in [-0.39, 0.29) is 12.6 Å². The fraction of sp³-hybridized carbons (Fsp3) is 0.444. The van der Waals surface area contributed by atoms with Crippen LogP contribution in [0.15, 0.2) is 12.1 Å². The summed E-state index contributed by atoms with van der Waals surface area (Å²) in [7, 11) is 0. The van der Waals surface area contributed by atoms with Gasteiger partial charge in [0.1, 0.15) is 24.1 Å². The topological polar surface area (TPSA) is 105 Å². The van der Waals surface area contributed by atoms with E-state index in [2.05, 4.69) is 5.32 Å². The highest BCUT2D eigenvalue weighted by atomic mass is 16.5. The van der Waals surface area contributed by atoms with Crippen molar-refractivity contribution in [2.45, 2.75) is 33.3 Å². The molecule has 2 aliphatic rings. The van der Waals surface area contributed by atoms with Crippen LogP contribution in [0.25, 0.3) is 0 Å². The number of hydrogen-bond donors (Lipinski definition) is 1. The summed E-state index contributed by atoms with van der Waals surface area (Å²) in [6.45, 7) is 5.26. The van der Waals surface area contributed by atoms with Gasteiger partial charge in [-0.15, -0.1) is 0 Å². The molecule has 1 saturated heterocycles. The SMILES string of the molecule is CCOc1cc2c(cc1NC(=O)CN1C(=O)C(=O)N(CC)C1=O)OC(C)C2. The summed E-state index contributed by atoms with van der Waals surface area (Å²) in [5, 5.41) is 2.64. The number of carbonyl (C=O) groups excluding carboxylic acids is 4. The summed E-state index contributed by atoms with van der Waals surface area (Å²) in [5.41, 5.74) is 1.37. The molecule has 1 unspecified atom stereocenters. The largest absolute Gasteiger partial charge is 0.492 e. The van der Waals surface area contributed by atoms with Gasteiger partial charge in [-0.1, -0.05) is 0 Å². The second-order valence-electron chi connectivity index (χ2n) is 6.29. The monoisotopic (exact) mass is 375 g/mol. The fourth-order valence-corrected chi connectivity index (χ4v) is 3.11. The summed E-state index contributed by atoms with van der Waals surface area (Å²) in [6, 6.07) is 2.68. The van der Waals surface area contributed by atoms with Crippen molar-refractivity contribution in [2.75, 3.05) is 25.0 Å². The minimum Gasteiger partial charge on any atom is -0.492 e. The van der Waals surface area contributed by atoms with E-state index in [9.17, 15) is 19.2 Å². The molecule has 5 amide bonds. The normalized spacial score (nSPS) is 18.6. The Morgan fingerprint density at radius 3 is 2.56 bits per heavy atom. The molecule has 0 spiro atoms. The van der Waals surface area contributed by atoms with Gasteiger partial charge in [0.2, 0.25) is 5.91 Å². The van der Waals surface area contributed by atoms with Gasteiger partial charge in [0, 0.05) is 24.6 Å². The first-order valence-electron chi connectivity index (χ1n) is 8.79. The Morgan fingerprint density at radius 2 is 1.93 bits per heavy atom. The molecule has 9 heteroatoms. The average Bonchev–Trinajstić information content (AvgIpc) is 3.07. The number of benzene rings is 1. The molecule has 9 nitrogen and oxygen atoms in total. The minimum atomic E-state index is -1.01. The van der Waals surface area contributed by atoms with E-state index in [1.54, 1.807) is 13.0 Å². The van der Waals surface area contributed by atoms with E-state index in [4.69, 9.17) is 9.47 Å². The Morgan fingerprint density at radius 1 is 1.22 bits per heavy atom. The average molecular weight is 375 g/mol. The van der Waals surface area contributed by atoms with Crippen molar-refractivity contribution >= 4 is 29.4 Å². The van der Waals surface area contributed by atoms with Crippen molar-refractivity contribution in [3.8, 4) is 11.5 Å². The Kier molecular flexibility index (Phi) is 5.02. The zero-order valence-electron chi connectivity index (χ0n) is 15.4. The van der Waals surface area contributed by atoms with Crippen molar-refractivity contribution < 1.29 is 28.7 Å². The molecule has 0 bridgehead atoms. The van der Waals surface area contributed by atoms with Gasteiger partial charge in [-0.25, -0.2) is 9.69 Å². The van der Waals surface area contributed by atoms with E-state index in [0.717, 1.165) is 16.9 Å². The molecular weight excluding hydrogens is 354 g/mol. The standard InChI is InChI=1S/C18H21N3O6/c1-4-20-16(23)17(24)21(18(20)25)9-15(22)19-12-8-13-11(6-10(3)27-13)7-14(12)26-5-2/h7-8,10H,4-6,9H2,1-3H3,(H,19,22). The van der Waals surface area contributed by atoms with E-state index >= 15 is 0 Å². The van der Waals surface area contributed by atoms with Gasteiger partial charge in [0.05, 0.1) is 12.3 Å². The second kappa shape index (κ2) is 7.26. The molecule has 1 aromatic rings. The number of urea groups is 1. The third-order valence-electron chi connectivity index (χ3n) is 4.33. The zero-order valence-corrected chi connectivity index (χ0v) is 15.4. The third kappa shape index (κ3) is 3.44. The highest BCUT2D eigenvalue weighted by Crippen LogP contribution is 2.38. The van der Waals surface area contributed by atoms with Gasteiger partial charge in [0.15, 0.2) is 0 Å². The van der Waals surface area contributed by atoms with Crippen molar-refractivity contribution in [2.24, 2.45) is 0 Å². The number of ether oxygens (including phenoxy) is 2. The molecule has 27 heavy (non-hydrogen) atoms. The Labute approximate surface area is 156 Å². The maximum Gasteiger partial charge on any atom is 0.334 e. The van der Waals surface area contributed by atoms with Crippen LogP contribution in [0.2, 0.25) is 0 Å². The smallest absolute Gasteiger partial charge is 0.334 e. The van der Waals surface area contributed by atoms with Gasteiger partial charge in [0.25, 0.3) is 0 Å². The molecule has 0 radical (unpaired) electrons. The highest BCUT2D eigenvalue weighted by Gasteiger charge is 2.44. The summed E-state index contributed by atoms with van der Waals surface area (Å²) >= 11 is 0. The van der Waals surface area contributed by atoms with Crippen LogP contribution in [0, 0.1) is 0 Å². The first kappa shape index (κ1) is 18.7. The minimum absolute atomic E-state index is 0.0336. The Bertz CT molecular complexity index is 822. The number of rotatable bonds is 6. The summed E-state index contributed by atoms with van der Waals surface area (Å²) in [6.07, 6.45) is 0.779. The molecule has 144 valence electrons. The first-order valence-corrected chi connectivity index (χ1v) is 8.79. The van der Waals surface area contributed by atoms with Gasteiger partial charge in [-0.3, -0.25) is 19.3 Å². The van der Waals surface area contributed by atoms with Crippen LogP contribution in [-0.4, -0.2) is 59.4 Å². The molecule has 0 saturated carbocycles. The maximum atomic E-state index is 12.4. The van der Waals surface area contributed by atoms with Crippen LogP contribution < -0.4 is 14.8 Å². The lowest BCUT2D eigenvalue weighted by atomic mass is 10.1. The van der Waals surface area contributed by atoms with Gasteiger partial charge in [-0.2, -0.15) is 0 Å². The van der Waals surface area contributed by atoms with Crippen molar-refractivity contribution in [3.05, 3.63) is 17.7 Å². The van der Waals surface area contributed by atoms with Crippen LogP contribution in [0.5, 0.6) is 11.5 Å². The highest BCUT2D eigenvalue weighted by molar-refractivity contribution is 6.45. The van der Waals surface area contributed by atoms with E-state index in [1.165, 1.54) is 0 Å². The number of nitrogens with one attached hydrogen (secondary N) is 1. The van der Waals surface area contributed by atoms with Crippen LogP contribution in [-0.2, 0) is 20.8 Å². The van der Waals surface area contributed by atoms with Crippen LogP contribution in [0.1, 0.15) is 26.3 Å². The number of nitrogens with zero attached hydrogens (tertiary/aromatic N) is 2. The predicted molar refractivity (Wildman–Crippen MR) is 94.5 cm³/mol. The van der Waals surface area contributed by atoms with Crippen LogP contribution in [0.4, 0.5) is 10.5 Å². The number of amides is 5. The lowest BCUT2D eigenvalue weighted by Crippen LogP contribution is -2.39. The van der Waals surface area contributed by atoms with E-state index in [0.29, 0.717) is 28.7 Å². The molecule has 1 atom stereocenters. The Balaban J connectivity index is 1.76. The molecule has 2 aliphatic heterocycles. The van der Waals surface area contributed by atoms with Crippen LogP contribution in [0.3, 0.4) is 0 Å². The molecule has 2 heterocycles. The number of likely N-dealkylation sites (N-methyl/N-ethyl adjacent to an activating group) is 1. The summed E-state index contributed by atoms with van der Waals surface area (Å²) in [5.74, 6) is -1.41.